The van der Waals surface area contributed by atoms with Crippen LogP contribution in [0.1, 0.15) is 40.7 Å². The summed E-state index contributed by atoms with van der Waals surface area (Å²) < 4.78 is 13.3. The molecule has 4 heterocycles. The zero-order chi connectivity index (χ0) is 19.3. The summed E-state index contributed by atoms with van der Waals surface area (Å²) in [5.41, 5.74) is 2.37. The lowest BCUT2D eigenvalue weighted by atomic mass is 9.96. The molecular formula is C20H24N4O3S. The fourth-order valence-electron chi connectivity index (χ4n) is 4.30. The third kappa shape index (κ3) is 3.00. The predicted octanol–water partition coefficient (Wildman–Crippen LogP) is 3.04. The van der Waals surface area contributed by atoms with Gasteiger partial charge in [0.25, 0.3) is 0 Å². The molecule has 0 saturated carbocycles. The zero-order valence-electron chi connectivity index (χ0n) is 16.1. The van der Waals surface area contributed by atoms with E-state index in [-0.39, 0.29) is 11.9 Å². The Bertz CT molecular complexity index is 998. The van der Waals surface area contributed by atoms with Crippen LogP contribution in [0.25, 0.3) is 4.96 Å². The molecular weight excluding hydrogens is 376 g/mol. The minimum Gasteiger partial charge on any atom is -0.492 e. The minimum absolute atomic E-state index is 0.0486. The number of aromatic hydroxyl groups is 1. The van der Waals surface area contributed by atoms with Crippen molar-refractivity contribution in [3.8, 4) is 5.88 Å². The topological polar surface area (TPSA) is 72.1 Å². The molecule has 2 saturated heterocycles. The normalized spacial score (nSPS) is 20.9. The molecule has 0 radical (unpaired) electrons. The molecule has 1 spiro atoms. The van der Waals surface area contributed by atoms with Crippen molar-refractivity contribution in [1.82, 2.24) is 19.5 Å². The second kappa shape index (κ2) is 6.81. The Kier molecular flexibility index (Phi) is 4.39. The maximum atomic E-state index is 10.9. The number of rotatable bonds is 3. The van der Waals surface area contributed by atoms with Crippen molar-refractivity contribution in [1.29, 1.82) is 0 Å². The standard InChI is InChI=1S/C20H24N4O3S/c1-13-4-3-5-15(12-13)16(17-18(25)24-19(28-17)21-14(2)22-24)23-8-6-20(7-9-23)26-10-11-27-20/h3-5,12,16,25H,6-11H2,1-2H3/t16-/m1/s1. The van der Waals surface area contributed by atoms with E-state index in [2.05, 4.69) is 46.2 Å². The number of aryl methyl sites for hydroxylation is 2. The molecule has 7 nitrogen and oxygen atoms in total. The van der Waals surface area contributed by atoms with Gasteiger partial charge in [-0.2, -0.15) is 4.52 Å². The Hall–Kier alpha value is -2.00. The van der Waals surface area contributed by atoms with Crippen LogP contribution >= 0.6 is 11.3 Å². The smallest absolute Gasteiger partial charge is 0.230 e. The van der Waals surface area contributed by atoms with E-state index in [1.54, 1.807) is 4.52 Å². The number of ether oxygens (including phenoxy) is 2. The van der Waals surface area contributed by atoms with E-state index >= 15 is 0 Å². The highest BCUT2D eigenvalue weighted by Gasteiger charge is 2.42. The second-order valence-corrected chi connectivity index (χ2v) is 8.61. The number of fused-ring (bicyclic) bond motifs is 1. The number of likely N-dealkylation sites (tertiary alicyclic amines) is 1. The van der Waals surface area contributed by atoms with Gasteiger partial charge >= 0.3 is 0 Å². The zero-order valence-corrected chi connectivity index (χ0v) is 16.9. The second-order valence-electron chi connectivity index (χ2n) is 7.60. The Morgan fingerprint density at radius 3 is 2.61 bits per heavy atom. The third-order valence-corrected chi connectivity index (χ3v) is 6.72. The summed E-state index contributed by atoms with van der Waals surface area (Å²) in [5, 5.41) is 15.3. The average molecular weight is 401 g/mol. The summed E-state index contributed by atoms with van der Waals surface area (Å²) in [6.07, 6.45) is 1.66. The SMILES string of the molecule is Cc1cccc([C@H](c2sc3nc(C)nn3c2O)N2CCC3(CC2)OCCO3)c1. The van der Waals surface area contributed by atoms with Crippen LogP contribution in [0.2, 0.25) is 0 Å². The van der Waals surface area contributed by atoms with Crippen LogP contribution in [-0.2, 0) is 9.47 Å². The summed E-state index contributed by atoms with van der Waals surface area (Å²) >= 11 is 1.51. The average Bonchev–Trinajstić information content (AvgIpc) is 3.35. The van der Waals surface area contributed by atoms with E-state index in [9.17, 15) is 5.11 Å². The molecule has 0 amide bonds. The number of nitrogens with zero attached hydrogens (tertiary/aromatic N) is 4. The molecule has 0 unspecified atom stereocenters. The molecule has 1 N–H and O–H groups in total. The van der Waals surface area contributed by atoms with Gasteiger partial charge in [0.2, 0.25) is 10.8 Å². The summed E-state index contributed by atoms with van der Waals surface area (Å²) in [4.78, 5) is 8.45. The van der Waals surface area contributed by atoms with Gasteiger partial charge in [-0.05, 0) is 19.4 Å². The highest BCUT2D eigenvalue weighted by Crippen LogP contribution is 2.43. The number of benzene rings is 1. The van der Waals surface area contributed by atoms with Crippen LogP contribution in [0.15, 0.2) is 24.3 Å². The lowest BCUT2D eigenvalue weighted by molar-refractivity contribution is -0.187. The van der Waals surface area contributed by atoms with Crippen LogP contribution in [0, 0.1) is 13.8 Å². The van der Waals surface area contributed by atoms with Gasteiger partial charge in [-0.15, -0.1) is 5.10 Å². The van der Waals surface area contributed by atoms with Gasteiger partial charge in [0.05, 0.1) is 24.1 Å². The van der Waals surface area contributed by atoms with Crippen LogP contribution in [0.4, 0.5) is 0 Å². The number of piperidine rings is 1. The summed E-state index contributed by atoms with van der Waals surface area (Å²) in [7, 11) is 0. The Morgan fingerprint density at radius 2 is 1.93 bits per heavy atom. The summed E-state index contributed by atoms with van der Waals surface area (Å²) in [5.74, 6) is 0.426. The number of hydrogen-bond donors (Lipinski definition) is 1. The Labute approximate surface area is 167 Å². The maximum Gasteiger partial charge on any atom is 0.230 e. The molecule has 28 heavy (non-hydrogen) atoms. The number of hydrogen-bond acceptors (Lipinski definition) is 7. The van der Waals surface area contributed by atoms with E-state index in [1.807, 2.05) is 6.92 Å². The van der Waals surface area contributed by atoms with Crippen molar-refractivity contribution < 1.29 is 14.6 Å². The van der Waals surface area contributed by atoms with Gasteiger partial charge in [0, 0.05) is 25.9 Å². The van der Waals surface area contributed by atoms with E-state index in [4.69, 9.17) is 9.47 Å². The van der Waals surface area contributed by atoms with Crippen LogP contribution in [0.5, 0.6) is 5.88 Å². The van der Waals surface area contributed by atoms with Gasteiger partial charge in [-0.1, -0.05) is 41.2 Å². The predicted molar refractivity (Wildman–Crippen MR) is 106 cm³/mol. The van der Waals surface area contributed by atoms with Gasteiger partial charge in [0.1, 0.15) is 5.82 Å². The first kappa shape index (κ1) is 18.1. The molecule has 2 aliphatic heterocycles. The quantitative estimate of drug-likeness (QED) is 0.729. The van der Waals surface area contributed by atoms with Crippen LogP contribution in [-0.4, -0.2) is 56.7 Å². The van der Waals surface area contributed by atoms with Crippen molar-refractivity contribution >= 4 is 16.3 Å². The third-order valence-electron chi connectivity index (χ3n) is 5.65. The van der Waals surface area contributed by atoms with Gasteiger partial charge < -0.3 is 14.6 Å². The van der Waals surface area contributed by atoms with E-state index in [0.717, 1.165) is 35.8 Å². The van der Waals surface area contributed by atoms with Crippen molar-refractivity contribution in [2.75, 3.05) is 26.3 Å². The molecule has 2 fully saturated rings. The summed E-state index contributed by atoms with van der Waals surface area (Å²) in [6.45, 7) is 6.96. The number of aromatic nitrogens is 3. The monoisotopic (exact) mass is 400 g/mol. The fraction of sp³-hybridized carbons (Fsp3) is 0.500. The maximum absolute atomic E-state index is 10.9. The van der Waals surface area contributed by atoms with Crippen molar-refractivity contribution in [2.24, 2.45) is 0 Å². The van der Waals surface area contributed by atoms with Gasteiger partial charge in [0.15, 0.2) is 5.79 Å². The molecule has 1 aromatic carbocycles. The highest BCUT2D eigenvalue weighted by molar-refractivity contribution is 7.17. The minimum atomic E-state index is -0.418. The molecule has 148 valence electrons. The highest BCUT2D eigenvalue weighted by atomic mass is 32.1. The first-order valence-electron chi connectivity index (χ1n) is 9.68. The summed E-state index contributed by atoms with van der Waals surface area (Å²) in [6, 6.07) is 8.44. The molecule has 5 rings (SSSR count). The van der Waals surface area contributed by atoms with E-state index in [0.29, 0.717) is 19.0 Å². The van der Waals surface area contributed by atoms with Crippen molar-refractivity contribution in [3.05, 3.63) is 46.1 Å². The molecule has 3 aromatic rings. The Morgan fingerprint density at radius 1 is 1.18 bits per heavy atom. The number of thiazole rings is 1. The van der Waals surface area contributed by atoms with Gasteiger partial charge in [-0.25, -0.2) is 4.98 Å². The molecule has 0 bridgehead atoms. The first-order valence-corrected chi connectivity index (χ1v) is 10.5. The fourth-order valence-corrected chi connectivity index (χ4v) is 5.47. The molecule has 2 aromatic heterocycles. The molecule has 1 atom stereocenters. The molecule has 0 aliphatic carbocycles. The van der Waals surface area contributed by atoms with Crippen molar-refractivity contribution in [2.45, 2.75) is 38.5 Å². The Balaban J connectivity index is 1.53. The van der Waals surface area contributed by atoms with Crippen molar-refractivity contribution in [3.63, 3.8) is 0 Å². The van der Waals surface area contributed by atoms with Crippen LogP contribution < -0.4 is 0 Å². The largest absolute Gasteiger partial charge is 0.492 e. The first-order chi connectivity index (χ1) is 13.5. The lowest BCUT2D eigenvalue weighted by Gasteiger charge is -2.41. The lowest BCUT2D eigenvalue weighted by Crippen LogP contribution is -2.46. The van der Waals surface area contributed by atoms with E-state index in [1.165, 1.54) is 22.5 Å². The molecule has 8 heteroatoms. The van der Waals surface area contributed by atoms with E-state index < -0.39 is 5.79 Å². The van der Waals surface area contributed by atoms with Gasteiger partial charge in [-0.3, -0.25) is 4.90 Å². The molecule has 2 aliphatic rings. The van der Waals surface area contributed by atoms with Crippen LogP contribution in [0.3, 0.4) is 0 Å².